The lowest BCUT2D eigenvalue weighted by Gasteiger charge is -2.15. The summed E-state index contributed by atoms with van der Waals surface area (Å²) in [5, 5.41) is 5.86. The van der Waals surface area contributed by atoms with Crippen molar-refractivity contribution < 1.29 is 31.4 Å². The monoisotopic (exact) mass is 408 g/mol. The lowest BCUT2D eigenvalue weighted by atomic mass is 10.1. The summed E-state index contributed by atoms with van der Waals surface area (Å²) in [6.07, 6.45) is 0. The zero-order valence-electron chi connectivity index (χ0n) is 14.9. The molecule has 0 amide bonds. The molecule has 1 aliphatic rings. The molecule has 1 aromatic rings. The van der Waals surface area contributed by atoms with E-state index in [1.165, 1.54) is 13.1 Å². The zero-order chi connectivity index (χ0) is 19.9. The average molecular weight is 408 g/mol. The number of nitrogens with zero attached hydrogens (tertiary/aromatic N) is 1. The first kappa shape index (κ1) is 21.0. The number of aliphatic imine (C=N–C) groups is 1. The molecule has 1 heterocycles. The van der Waals surface area contributed by atoms with E-state index >= 15 is 0 Å². The minimum atomic E-state index is -3.27. The minimum absolute atomic E-state index is 0.00297. The summed E-state index contributed by atoms with van der Waals surface area (Å²) in [6.45, 7) is -0.828. The van der Waals surface area contributed by atoms with E-state index in [1.807, 2.05) is 0 Å². The number of nitrogens with one attached hydrogen (secondary N) is 3. The van der Waals surface area contributed by atoms with Crippen molar-refractivity contribution in [3.63, 3.8) is 0 Å². The third kappa shape index (κ3) is 6.40. The third-order valence-electron chi connectivity index (χ3n) is 3.56. The smallest absolute Gasteiger partial charge is 0.387 e. The topological polar surface area (TPSA) is 110 Å². The number of alkyl halides is 2. The highest BCUT2D eigenvalue weighted by Crippen LogP contribution is 2.38. The number of hydrogen-bond acceptors (Lipinski definition) is 6. The van der Waals surface area contributed by atoms with E-state index < -0.39 is 16.6 Å². The third-order valence-corrected chi connectivity index (χ3v) is 4.97. The summed E-state index contributed by atoms with van der Waals surface area (Å²) in [7, 11) is -1.74. The Morgan fingerprint density at radius 2 is 1.96 bits per heavy atom. The largest absolute Gasteiger partial charge is 0.454 e. The van der Waals surface area contributed by atoms with Crippen molar-refractivity contribution in [1.29, 1.82) is 0 Å². The van der Waals surface area contributed by atoms with Gasteiger partial charge in [0.25, 0.3) is 0 Å². The molecule has 0 atom stereocenters. The highest BCUT2D eigenvalue weighted by molar-refractivity contribution is 7.89. The molecular formula is C15H22F2N4O5S. The Hall–Kier alpha value is -2.34. The Labute approximate surface area is 156 Å². The Morgan fingerprint density at radius 3 is 2.59 bits per heavy atom. The number of halogens is 2. The fourth-order valence-electron chi connectivity index (χ4n) is 2.20. The molecule has 0 aromatic heterocycles. The zero-order valence-corrected chi connectivity index (χ0v) is 15.7. The van der Waals surface area contributed by atoms with Gasteiger partial charge in [-0.3, -0.25) is 4.99 Å². The van der Waals surface area contributed by atoms with Crippen molar-refractivity contribution in [3.8, 4) is 17.2 Å². The van der Waals surface area contributed by atoms with Crippen LogP contribution in [0.2, 0.25) is 0 Å². The average Bonchev–Trinajstić information content (AvgIpc) is 3.07. The molecule has 1 aromatic carbocycles. The second-order valence-electron chi connectivity index (χ2n) is 5.34. The number of guanidine groups is 1. The summed E-state index contributed by atoms with van der Waals surface area (Å²) in [4.78, 5) is 3.99. The summed E-state index contributed by atoms with van der Waals surface area (Å²) in [6, 6.07) is 2.90. The van der Waals surface area contributed by atoms with Crippen LogP contribution in [-0.4, -0.2) is 53.7 Å². The van der Waals surface area contributed by atoms with Crippen molar-refractivity contribution in [2.45, 2.75) is 20.1 Å². The number of sulfonamides is 1. The van der Waals surface area contributed by atoms with Crippen LogP contribution in [0.25, 0.3) is 0 Å². The van der Waals surface area contributed by atoms with Crippen molar-refractivity contribution in [1.82, 2.24) is 15.4 Å². The highest BCUT2D eigenvalue weighted by Gasteiger charge is 2.20. The van der Waals surface area contributed by atoms with Gasteiger partial charge in [-0.15, -0.1) is 0 Å². The van der Waals surface area contributed by atoms with Gasteiger partial charge in [-0.2, -0.15) is 8.78 Å². The van der Waals surface area contributed by atoms with Crippen molar-refractivity contribution in [2.75, 3.05) is 32.7 Å². The molecule has 0 aliphatic carbocycles. The number of rotatable bonds is 9. The summed E-state index contributed by atoms with van der Waals surface area (Å²) < 4.78 is 65.4. The van der Waals surface area contributed by atoms with Crippen molar-refractivity contribution in [3.05, 3.63) is 17.7 Å². The molecule has 2 rings (SSSR count). The normalized spacial score (nSPS) is 13.7. The minimum Gasteiger partial charge on any atom is -0.454 e. The molecule has 0 bridgehead atoms. The van der Waals surface area contributed by atoms with Gasteiger partial charge in [-0.05, 0) is 13.0 Å². The Kier molecular flexibility index (Phi) is 7.42. The summed E-state index contributed by atoms with van der Waals surface area (Å²) >= 11 is 0. The van der Waals surface area contributed by atoms with Crippen LogP contribution in [0.1, 0.15) is 12.5 Å². The van der Waals surface area contributed by atoms with Crippen LogP contribution in [-0.2, 0) is 16.6 Å². The first-order valence-electron chi connectivity index (χ1n) is 8.13. The predicted octanol–water partition coefficient (Wildman–Crippen LogP) is 0.621. The second-order valence-corrected chi connectivity index (χ2v) is 7.44. The summed E-state index contributed by atoms with van der Waals surface area (Å²) in [5.74, 6) is 1.10. The Bertz CT molecular complexity index is 774. The maximum Gasteiger partial charge on any atom is 0.387 e. The maximum absolute atomic E-state index is 12.6. The van der Waals surface area contributed by atoms with Crippen molar-refractivity contribution in [2.24, 2.45) is 4.99 Å². The molecule has 9 nitrogen and oxygen atoms in total. The molecular weight excluding hydrogens is 386 g/mol. The molecule has 0 spiro atoms. The molecule has 0 saturated heterocycles. The van der Waals surface area contributed by atoms with Crippen LogP contribution in [0.5, 0.6) is 17.2 Å². The van der Waals surface area contributed by atoms with E-state index in [9.17, 15) is 17.2 Å². The van der Waals surface area contributed by atoms with Gasteiger partial charge in [-0.1, -0.05) is 0 Å². The van der Waals surface area contributed by atoms with Crippen LogP contribution in [0.3, 0.4) is 0 Å². The van der Waals surface area contributed by atoms with E-state index in [2.05, 4.69) is 25.1 Å². The molecule has 12 heteroatoms. The highest BCUT2D eigenvalue weighted by atomic mass is 32.2. The Balaban J connectivity index is 1.93. The number of hydrogen-bond donors (Lipinski definition) is 3. The van der Waals surface area contributed by atoms with Gasteiger partial charge in [0.1, 0.15) is 5.75 Å². The van der Waals surface area contributed by atoms with E-state index in [-0.39, 0.29) is 31.4 Å². The fraction of sp³-hybridized carbons (Fsp3) is 0.533. The van der Waals surface area contributed by atoms with Crippen LogP contribution in [0, 0.1) is 0 Å². The lowest BCUT2D eigenvalue weighted by Crippen LogP contribution is -2.41. The second kappa shape index (κ2) is 9.55. The molecule has 27 heavy (non-hydrogen) atoms. The van der Waals surface area contributed by atoms with Gasteiger partial charge < -0.3 is 24.8 Å². The van der Waals surface area contributed by atoms with Gasteiger partial charge in [-0.25, -0.2) is 13.1 Å². The van der Waals surface area contributed by atoms with Crippen molar-refractivity contribution >= 4 is 16.0 Å². The molecule has 3 N–H and O–H groups in total. The van der Waals surface area contributed by atoms with Gasteiger partial charge in [0.15, 0.2) is 17.5 Å². The van der Waals surface area contributed by atoms with Gasteiger partial charge in [0.05, 0.1) is 5.75 Å². The Morgan fingerprint density at radius 1 is 1.26 bits per heavy atom. The molecule has 152 valence electrons. The van der Waals surface area contributed by atoms with Gasteiger partial charge >= 0.3 is 6.61 Å². The molecule has 1 aliphatic heterocycles. The number of benzene rings is 1. The SMILES string of the molecule is CCS(=O)(=O)NCCNC(=NC)NCc1cc2c(cc1OC(F)F)OCO2. The quantitative estimate of drug-likeness (QED) is 0.312. The van der Waals surface area contributed by atoms with E-state index in [4.69, 9.17) is 9.47 Å². The van der Waals surface area contributed by atoms with Crippen LogP contribution >= 0.6 is 0 Å². The van der Waals surface area contributed by atoms with Crippen LogP contribution < -0.4 is 29.6 Å². The first-order chi connectivity index (χ1) is 12.8. The van der Waals surface area contributed by atoms with E-state index in [1.54, 1.807) is 13.0 Å². The van der Waals surface area contributed by atoms with Crippen LogP contribution in [0.4, 0.5) is 8.78 Å². The molecule has 0 fully saturated rings. The van der Waals surface area contributed by atoms with E-state index in [0.29, 0.717) is 29.6 Å². The molecule has 0 saturated carbocycles. The van der Waals surface area contributed by atoms with Crippen LogP contribution in [0.15, 0.2) is 17.1 Å². The molecule has 0 radical (unpaired) electrons. The standard InChI is InChI=1S/C15H22F2N4O5S/c1-3-27(22,23)21-5-4-19-15(18-2)20-8-10-6-12-13(25-9-24-12)7-11(10)26-14(16)17/h6-7,14,21H,3-5,8-9H2,1-2H3,(H2,18,19,20). The first-order valence-corrected chi connectivity index (χ1v) is 9.79. The van der Waals surface area contributed by atoms with E-state index in [0.717, 1.165) is 0 Å². The fourth-order valence-corrected chi connectivity index (χ4v) is 2.82. The number of fused-ring (bicyclic) bond motifs is 1. The maximum atomic E-state index is 12.6. The number of ether oxygens (including phenoxy) is 3. The molecule has 0 unspecified atom stereocenters. The van der Waals surface area contributed by atoms with Gasteiger partial charge in [0.2, 0.25) is 16.8 Å². The van der Waals surface area contributed by atoms with Gasteiger partial charge in [0, 0.05) is 38.3 Å². The summed E-state index contributed by atoms with van der Waals surface area (Å²) in [5.41, 5.74) is 0.425. The predicted molar refractivity (Wildman–Crippen MR) is 94.9 cm³/mol. The lowest BCUT2D eigenvalue weighted by molar-refractivity contribution is -0.0505.